The van der Waals surface area contributed by atoms with Gasteiger partial charge in [0, 0.05) is 74.5 Å². The SMILES string of the molecule is O=C(CCCCCNCCCCC1SCC2NC(O)NC21)CCCCCC(=O)CCCCCC(=O)CCCCCC(=O)CCCCCC(O)O. The Hall–Kier alpha value is -1.21. The largest absolute Gasteiger partial charge is 0.368 e. The minimum absolute atomic E-state index is 0.254. The Bertz CT molecular complexity index is 937. The number of ketones is 4. The summed E-state index contributed by atoms with van der Waals surface area (Å²) < 4.78 is 0. The predicted molar refractivity (Wildman–Crippen MR) is 202 cm³/mol. The Morgan fingerprint density at radius 1 is 0.560 bits per heavy atom. The zero-order valence-electron chi connectivity index (χ0n) is 31.0. The van der Waals surface area contributed by atoms with Crippen LogP contribution in [0.4, 0.5) is 0 Å². The summed E-state index contributed by atoms with van der Waals surface area (Å²) in [7, 11) is 0. The summed E-state index contributed by atoms with van der Waals surface area (Å²) in [5, 5.41) is 37.9. The van der Waals surface area contributed by atoms with Crippen molar-refractivity contribution in [2.75, 3.05) is 18.8 Å². The molecule has 50 heavy (non-hydrogen) atoms. The molecule has 0 aliphatic carbocycles. The third-order valence-electron chi connectivity index (χ3n) is 10.1. The van der Waals surface area contributed by atoms with Crippen LogP contribution in [-0.4, -0.2) is 87.3 Å². The van der Waals surface area contributed by atoms with Gasteiger partial charge < -0.3 is 20.6 Å². The molecule has 0 aromatic rings. The van der Waals surface area contributed by atoms with E-state index >= 15 is 0 Å². The van der Waals surface area contributed by atoms with Crippen LogP contribution >= 0.6 is 11.8 Å². The summed E-state index contributed by atoms with van der Waals surface area (Å²) in [4.78, 5) is 48.5. The Balaban J connectivity index is 1.26. The summed E-state index contributed by atoms with van der Waals surface area (Å²) in [6.45, 7) is 2.05. The molecule has 2 aliphatic rings. The van der Waals surface area contributed by atoms with Gasteiger partial charge in [-0.1, -0.05) is 38.5 Å². The molecule has 290 valence electrons. The highest BCUT2D eigenvalue weighted by atomic mass is 32.2. The molecular weight excluding hydrogens is 655 g/mol. The monoisotopic (exact) mass is 726 g/mol. The Morgan fingerprint density at radius 3 is 1.40 bits per heavy atom. The highest BCUT2D eigenvalue weighted by Gasteiger charge is 2.42. The van der Waals surface area contributed by atoms with Crippen molar-refractivity contribution in [2.45, 2.75) is 203 Å². The quantitative estimate of drug-likeness (QED) is 0.0335. The Kier molecular flexibility index (Phi) is 26.3. The molecule has 4 atom stereocenters. The maximum Gasteiger partial charge on any atom is 0.161 e. The molecule has 0 saturated carbocycles. The average Bonchev–Trinajstić information content (AvgIpc) is 3.63. The van der Waals surface area contributed by atoms with Crippen LogP contribution in [0.1, 0.15) is 173 Å². The molecule has 0 amide bonds. The van der Waals surface area contributed by atoms with Crippen LogP contribution < -0.4 is 16.0 Å². The van der Waals surface area contributed by atoms with Crippen LogP contribution in [0.15, 0.2) is 0 Å². The summed E-state index contributed by atoms with van der Waals surface area (Å²) >= 11 is 2.02. The highest BCUT2D eigenvalue weighted by molar-refractivity contribution is 8.00. The Morgan fingerprint density at radius 2 is 0.960 bits per heavy atom. The number of aliphatic hydroxyl groups is 3. The maximum absolute atomic E-state index is 12.2. The number of carbonyl (C=O) groups excluding carboxylic acids is 4. The number of aliphatic hydroxyl groups excluding tert-OH is 2. The fourth-order valence-corrected chi connectivity index (χ4v) is 8.59. The standard InChI is InChI=1S/C39H71N3O7S/c43-31(20-8-2-10-22-33(45)24-12-4-14-27-37(47)48)18-6-1-7-19-32(44)21-9-3-11-23-34(46)25-13-5-16-28-40-29-17-15-26-36-38-35(30-50-36)41-39(49)42-38/h35-42,47-49H,1-30H2. The van der Waals surface area contributed by atoms with Crippen molar-refractivity contribution in [3.05, 3.63) is 0 Å². The van der Waals surface area contributed by atoms with Crippen molar-refractivity contribution in [3.63, 3.8) is 0 Å². The van der Waals surface area contributed by atoms with E-state index in [9.17, 15) is 24.3 Å². The van der Waals surface area contributed by atoms with Crippen molar-refractivity contribution in [2.24, 2.45) is 0 Å². The van der Waals surface area contributed by atoms with E-state index < -0.39 is 12.6 Å². The van der Waals surface area contributed by atoms with Gasteiger partial charge in [0.15, 0.2) is 12.6 Å². The average molecular weight is 726 g/mol. The molecule has 6 N–H and O–H groups in total. The lowest BCUT2D eigenvalue weighted by atomic mass is 10.0. The first-order valence-electron chi connectivity index (χ1n) is 20.2. The summed E-state index contributed by atoms with van der Waals surface area (Å²) in [5.41, 5.74) is 0. The van der Waals surface area contributed by atoms with Crippen LogP contribution in [0.25, 0.3) is 0 Å². The van der Waals surface area contributed by atoms with Crippen molar-refractivity contribution in [1.29, 1.82) is 0 Å². The number of fused-ring (bicyclic) bond motifs is 1. The molecule has 0 bridgehead atoms. The molecule has 2 saturated heterocycles. The third kappa shape index (κ3) is 23.4. The van der Waals surface area contributed by atoms with Gasteiger partial charge in [0.1, 0.15) is 23.1 Å². The van der Waals surface area contributed by atoms with E-state index in [4.69, 9.17) is 10.2 Å². The topological polar surface area (TPSA) is 165 Å². The van der Waals surface area contributed by atoms with E-state index in [1.807, 2.05) is 11.8 Å². The number of Topliss-reactive ketones (excluding diaryl/α,β-unsaturated/α-hetero) is 4. The molecule has 2 heterocycles. The lowest BCUT2D eigenvalue weighted by Crippen LogP contribution is -2.38. The van der Waals surface area contributed by atoms with E-state index in [1.54, 1.807) is 0 Å². The lowest BCUT2D eigenvalue weighted by Gasteiger charge is -2.17. The number of nitrogens with one attached hydrogen (secondary N) is 3. The molecule has 10 nitrogen and oxygen atoms in total. The molecule has 4 unspecified atom stereocenters. The van der Waals surface area contributed by atoms with Crippen LogP contribution in [0, 0.1) is 0 Å². The van der Waals surface area contributed by atoms with E-state index in [1.165, 1.54) is 19.3 Å². The molecule has 2 aliphatic heterocycles. The maximum atomic E-state index is 12.2. The molecule has 2 fully saturated rings. The number of thioether (sulfide) groups is 1. The normalized spacial score (nSPS) is 20.1. The molecule has 11 heteroatoms. The second kappa shape index (κ2) is 29.3. The van der Waals surface area contributed by atoms with Crippen molar-refractivity contribution in [3.8, 4) is 0 Å². The number of rotatable bonds is 35. The van der Waals surface area contributed by atoms with Gasteiger partial charge in [-0.2, -0.15) is 11.8 Å². The lowest BCUT2D eigenvalue weighted by molar-refractivity contribution is -0.120. The van der Waals surface area contributed by atoms with E-state index in [0.717, 1.165) is 115 Å². The second-order valence-corrected chi connectivity index (χ2v) is 16.0. The number of hydrogen-bond acceptors (Lipinski definition) is 11. The van der Waals surface area contributed by atoms with Gasteiger partial charge in [0.05, 0.1) is 0 Å². The summed E-state index contributed by atoms with van der Waals surface area (Å²) in [5.74, 6) is 2.25. The predicted octanol–water partition coefficient (Wildman–Crippen LogP) is 6.02. The number of carbonyl (C=O) groups is 4. The highest BCUT2D eigenvalue weighted by Crippen LogP contribution is 2.33. The first-order chi connectivity index (χ1) is 24.2. The summed E-state index contributed by atoms with van der Waals surface area (Å²) in [6, 6.07) is 0.805. The first kappa shape index (κ1) is 44.9. The van der Waals surface area contributed by atoms with Gasteiger partial charge >= 0.3 is 0 Å². The van der Waals surface area contributed by atoms with Gasteiger partial charge in [0.25, 0.3) is 0 Å². The molecule has 0 spiro atoms. The zero-order valence-corrected chi connectivity index (χ0v) is 31.8. The summed E-state index contributed by atoms with van der Waals surface area (Å²) in [6.07, 6.45) is 20.2. The van der Waals surface area contributed by atoms with Gasteiger partial charge in [-0.25, -0.2) is 0 Å². The van der Waals surface area contributed by atoms with Gasteiger partial charge in [-0.15, -0.1) is 0 Å². The minimum Gasteiger partial charge on any atom is -0.368 e. The van der Waals surface area contributed by atoms with Crippen LogP contribution in [0.5, 0.6) is 0 Å². The van der Waals surface area contributed by atoms with Gasteiger partial charge in [0.2, 0.25) is 0 Å². The zero-order chi connectivity index (χ0) is 36.2. The van der Waals surface area contributed by atoms with E-state index in [-0.39, 0.29) is 11.6 Å². The van der Waals surface area contributed by atoms with Crippen LogP contribution in [0.3, 0.4) is 0 Å². The van der Waals surface area contributed by atoms with Gasteiger partial charge in [-0.3, -0.25) is 29.8 Å². The Labute approximate surface area is 306 Å². The molecule has 0 radical (unpaired) electrons. The number of hydrogen-bond donors (Lipinski definition) is 6. The molecule has 2 rings (SSSR count). The van der Waals surface area contributed by atoms with Crippen molar-refractivity contribution < 1.29 is 34.5 Å². The molecule has 0 aromatic carbocycles. The van der Waals surface area contributed by atoms with Gasteiger partial charge in [-0.05, 0) is 96.6 Å². The van der Waals surface area contributed by atoms with E-state index in [0.29, 0.717) is 86.7 Å². The molecular formula is C39H71N3O7S. The number of unbranched alkanes of at least 4 members (excludes halogenated alkanes) is 11. The third-order valence-corrected chi connectivity index (χ3v) is 11.6. The van der Waals surface area contributed by atoms with Crippen molar-refractivity contribution in [1.82, 2.24) is 16.0 Å². The second-order valence-electron chi connectivity index (χ2n) is 14.7. The minimum atomic E-state index is -1.25. The smallest absolute Gasteiger partial charge is 0.161 e. The van der Waals surface area contributed by atoms with Crippen LogP contribution in [0.2, 0.25) is 0 Å². The van der Waals surface area contributed by atoms with Crippen molar-refractivity contribution >= 4 is 34.9 Å². The molecule has 0 aromatic heterocycles. The first-order valence-corrected chi connectivity index (χ1v) is 21.2. The fourth-order valence-electron chi connectivity index (χ4n) is 7.02. The van der Waals surface area contributed by atoms with E-state index in [2.05, 4.69) is 16.0 Å². The van der Waals surface area contributed by atoms with Crippen LogP contribution in [-0.2, 0) is 19.2 Å². The fraction of sp³-hybridized carbons (Fsp3) is 0.897.